The summed E-state index contributed by atoms with van der Waals surface area (Å²) in [5, 5.41) is 1.94. The number of likely N-dealkylation sites (tertiary alicyclic amines) is 1. The molecule has 0 atom stereocenters. The second kappa shape index (κ2) is 13.3. The lowest BCUT2D eigenvalue weighted by molar-refractivity contribution is 0.204. The van der Waals surface area contributed by atoms with Gasteiger partial charge >= 0.3 is 0 Å². The van der Waals surface area contributed by atoms with Crippen molar-refractivity contribution in [1.82, 2.24) is 9.62 Å². The van der Waals surface area contributed by atoms with E-state index >= 15 is 0 Å². The molecule has 5 heteroatoms. The molecule has 1 aliphatic heterocycles. The number of piperidine rings is 1. The molecule has 5 aromatic carbocycles. The molecule has 5 aromatic rings. The molecule has 0 amide bonds. The van der Waals surface area contributed by atoms with Crippen LogP contribution in [-0.2, 0) is 15.4 Å². The van der Waals surface area contributed by atoms with E-state index in [4.69, 9.17) is 0 Å². The van der Waals surface area contributed by atoms with Crippen LogP contribution in [0, 0.1) is 0 Å². The van der Waals surface area contributed by atoms with Crippen molar-refractivity contribution in [1.29, 1.82) is 0 Å². The first-order valence-electron chi connectivity index (χ1n) is 15.4. The number of fused-ring (bicyclic) bond motifs is 1. The van der Waals surface area contributed by atoms with Gasteiger partial charge in [0, 0.05) is 12.0 Å². The predicted molar refractivity (Wildman–Crippen MR) is 177 cm³/mol. The van der Waals surface area contributed by atoms with Crippen LogP contribution in [0.25, 0.3) is 10.8 Å². The Bertz CT molecular complexity index is 1680. The van der Waals surface area contributed by atoms with Gasteiger partial charge in [0.2, 0.25) is 10.0 Å². The Hall–Kier alpha value is -3.77. The quantitative estimate of drug-likeness (QED) is 0.172. The highest BCUT2D eigenvalue weighted by Gasteiger charge is 2.36. The number of hydrogen-bond acceptors (Lipinski definition) is 3. The molecule has 1 heterocycles. The van der Waals surface area contributed by atoms with E-state index in [2.05, 4.69) is 88.5 Å². The largest absolute Gasteiger partial charge is 0.303 e. The lowest BCUT2D eigenvalue weighted by atomic mass is 9.71. The number of sulfonamides is 1. The number of nitrogens with zero attached hydrogens (tertiary/aromatic N) is 1. The maximum Gasteiger partial charge on any atom is 0.240 e. The molecule has 0 aromatic heterocycles. The minimum atomic E-state index is -3.74. The molecule has 6 rings (SSSR count). The fourth-order valence-electron chi connectivity index (χ4n) is 6.72. The molecule has 1 aliphatic rings. The van der Waals surface area contributed by atoms with E-state index in [1.54, 1.807) is 12.1 Å². The SMILES string of the molecule is O=S(=O)(NCC(CCCN1CCC(c2ccccc2)CC1)(c1ccccc1)c1ccccc1)c1ccc2ccccc2c1. The third kappa shape index (κ3) is 6.75. The van der Waals surface area contributed by atoms with Gasteiger partial charge in [0.05, 0.1) is 4.90 Å². The molecule has 220 valence electrons. The molecule has 1 fully saturated rings. The van der Waals surface area contributed by atoms with Gasteiger partial charge in [0.25, 0.3) is 0 Å². The van der Waals surface area contributed by atoms with Gasteiger partial charge < -0.3 is 4.90 Å². The van der Waals surface area contributed by atoms with Crippen LogP contribution in [0.4, 0.5) is 0 Å². The van der Waals surface area contributed by atoms with Crippen LogP contribution in [0.15, 0.2) is 138 Å². The highest BCUT2D eigenvalue weighted by molar-refractivity contribution is 7.89. The number of nitrogens with one attached hydrogen (secondary N) is 1. The summed E-state index contributed by atoms with van der Waals surface area (Å²) in [6, 6.07) is 44.9. The summed E-state index contributed by atoms with van der Waals surface area (Å²) in [7, 11) is -3.74. The van der Waals surface area contributed by atoms with E-state index < -0.39 is 15.4 Å². The molecule has 0 bridgehead atoms. The molecule has 0 spiro atoms. The summed E-state index contributed by atoms with van der Waals surface area (Å²) < 4.78 is 30.5. The van der Waals surface area contributed by atoms with Gasteiger partial charge in [-0.05, 0) is 90.8 Å². The second-order valence-electron chi connectivity index (χ2n) is 11.8. The molecule has 1 saturated heterocycles. The molecule has 0 radical (unpaired) electrons. The Morgan fingerprint density at radius 2 is 1.23 bits per heavy atom. The van der Waals surface area contributed by atoms with Crippen LogP contribution < -0.4 is 4.72 Å². The zero-order chi connectivity index (χ0) is 29.5. The molecule has 0 unspecified atom stereocenters. The third-order valence-electron chi connectivity index (χ3n) is 9.18. The Morgan fingerprint density at radius 1 is 0.674 bits per heavy atom. The van der Waals surface area contributed by atoms with Crippen LogP contribution in [0.5, 0.6) is 0 Å². The number of benzene rings is 5. The van der Waals surface area contributed by atoms with Crippen molar-refractivity contribution in [3.63, 3.8) is 0 Å². The minimum absolute atomic E-state index is 0.284. The molecule has 0 aliphatic carbocycles. The number of rotatable bonds is 11. The summed E-state index contributed by atoms with van der Waals surface area (Å²) in [4.78, 5) is 2.88. The van der Waals surface area contributed by atoms with Crippen molar-refractivity contribution in [3.05, 3.63) is 150 Å². The molecular weight excluding hydrogens is 548 g/mol. The fourth-order valence-corrected chi connectivity index (χ4v) is 7.85. The fraction of sp³-hybridized carbons (Fsp3) is 0.263. The van der Waals surface area contributed by atoms with Crippen LogP contribution in [0.2, 0.25) is 0 Å². The van der Waals surface area contributed by atoms with Crippen molar-refractivity contribution in [2.45, 2.75) is 41.9 Å². The molecular formula is C38H40N2O2S. The maximum absolute atomic E-state index is 13.7. The van der Waals surface area contributed by atoms with Gasteiger partial charge in [-0.2, -0.15) is 0 Å². The zero-order valence-electron chi connectivity index (χ0n) is 24.6. The smallest absolute Gasteiger partial charge is 0.240 e. The zero-order valence-corrected chi connectivity index (χ0v) is 25.4. The summed E-state index contributed by atoms with van der Waals surface area (Å²) in [6.45, 7) is 3.47. The number of hydrogen-bond donors (Lipinski definition) is 1. The Labute approximate surface area is 256 Å². The van der Waals surface area contributed by atoms with Gasteiger partial charge in [-0.15, -0.1) is 0 Å². The molecule has 43 heavy (non-hydrogen) atoms. The molecule has 1 N–H and O–H groups in total. The Balaban J connectivity index is 1.22. The van der Waals surface area contributed by atoms with Crippen molar-refractivity contribution in [2.24, 2.45) is 0 Å². The highest BCUT2D eigenvalue weighted by atomic mass is 32.2. The van der Waals surface area contributed by atoms with E-state index in [1.807, 2.05) is 42.5 Å². The predicted octanol–water partition coefficient (Wildman–Crippen LogP) is 7.76. The maximum atomic E-state index is 13.7. The summed E-state index contributed by atoms with van der Waals surface area (Å²) >= 11 is 0. The van der Waals surface area contributed by atoms with Crippen LogP contribution in [0.1, 0.15) is 48.3 Å². The summed E-state index contributed by atoms with van der Waals surface area (Å²) in [5.74, 6) is 0.634. The third-order valence-corrected chi connectivity index (χ3v) is 10.6. The van der Waals surface area contributed by atoms with Gasteiger partial charge in [0.15, 0.2) is 0 Å². The average molecular weight is 589 g/mol. The van der Waals surface area contributed by atoms with E-state index in [1.165, 1.54) is 18.4 Å². The molecule has 0 saturated carbocycles. The monoisotopic (exact) mass is 588 g/mol. The molecule has 4 nitrogen and oxygen atoms in total. The van der Waals surface area contributed by atoms with Gasteiger partial charge in [-0.1, -0.05) is 121 Å². The first-order valence-corrected chi connectivity index (χ1v) is 16.9. The van der Waals surface area contributed by atoms with Crippen LogP contribution in [0.3, 0.4) is 0 Å². The minimum Gasteiger partial charge on any atom is -0.303 e. The van der Waals surface area contributed by atoms with Gasteiger partial charge in [-0.25, -0.2) is 13.1 Å². The van der Waals surface area contributed by atoms with Crippen molar-refractivity contribution >= 4 is 20.8 Å². The first-order chi connectivity index (χ1) is 21.0. The van der Waals surface area contributed by atoms with Gasteiger partial charge in [-0.3, -0.25) is 0 Å². The van der Waals surface area contributed by atoms with E-state index in [0.29, 0.717) is 10.8 Å². The van der Waals surface area contributed by atoms with Crippen molar-refractivity contribution in [3.8, 4) is 0 Å². The summed E-state index contributed by atoms with van der Waals surface area (Å²) in [6.07, 6.45) is 4.16. The first kappa shape index (κ1) is 29.3. The van der Waals surface area contributed by atoms with E-state index in [-0.39, 0.29) is 6.54 Å². The Kier molecular flexibility index (Phi) is 9.03. The summed E-state index contributed by atoms with van der Waals surface area (Å²) in [5.41, 5.74) is 3.21. The standard InChI is InChI=1S/C38H40N2O2S/c41-43(42,37-22-21-32-15-10-11-16-34(32)29-37)39-30-38(35-17-6-2-7-18-35,36-19-8-3-9-20-36)25-12-26-40-27-23-33(24-28-40)31-13-4-1-5-14-31/h1-11,13-22,29,33,39H,12,23-28,30H2. The highest BCUT2D eigenvalue weighted by Crippen LogP contribution is 2.37. The van der Waals surface area contributed by atoms with Gasteiger partial charge in [0.1, 0.15) is 0 Å². The van der Waals surface area contributed by atoms with E-state index in [0.717, 1.165) is 54.4 Å². The average Bonchev–Trinajstić information content (AvgIpc) is 3.07. The van der Waals surface area contributed by atoms with Crippen molar-refractivity contribution < 1.29 is 8.42 Å². The van der Waals surface area contributed by atoms with Crippen LogP contribution in [-0.4, -0.2) is 39.5 Å². The lowest BCUT2D eigenvalue weighted by Gasteiger charge is -2.37. The van der Waals surface area contributed by atoms with Crippen LogP contribution >= 0.6 is 0 Å². The lowest BCUT2D eigenvalue weighted by Crippen LogP contribution is -2.42. The second-order valence-corrected chi connectivity index (χ2v) is 13.5. The Morgan fingerprint density at radius 3 is 1.86 bits per heavy atom. The normalized spacial score (nSPS) is 15.1. The van der Waals surface area contributed by atoms with E-state index in [9.17, 15) is 8.42 Å². The van der Waals surface area contributed by atoms with Crippen molar-refractivity contribution in [2.75, 3.05) is 26.2 Å². The topological polar surface area (TPSA) is 49.4 Å².